The van der Waals surface area contributed by atoms with Gasteiger partial charge in [-0.3, -0.25) is 4.79 Å². The van der Waals surface area contributed by atoms with Crippen LogP contribution in [0.5, 0.6) is 5.75 Å². The van der Waals surface area contributed by atoms with E-state index >= 15 is 0 Å². The molecule has 0 aliphatic carbocycles. The number of ketones is 1. The molecule has 0 aliphatic heterocycles. The van der Waals surface area contributed by atoms with Gasteiger partial charge in [0.15, 0.2) is 5.78 Å². The van der Waals surface area contributed by atoms with Gasteiger partial charge in [0, 0.05) is 13.0 Å². The number of hydrogen-bond acceptors (Lipinski definition) is 4. The monoisotopic (exact) mass is 289 g/mol. The summed E-state index contributed by atoms with van der Waals surface area (Å²) in [5.41, 5.74) is 0.705. The van der Waals surface area contributed by atoms with E-state index in [1.54, 1.807) is 24.3 Å². The van der Waals surface area contributed by atoms with Crippen molar-refractivity contribution in [3.63, 3.8) is 0 Å². The van der Waals surface area contributed by atoms with Gasteiger partial charge >= 0.3 is 0 Å². The number of ether oxygens (including phenoxy) is 2. The van der Waals surface area contributed by atoms with Crippen LogP contribution >= 0.6 is 0 Å². The molecule has 1 rings (SSSR count). The Kier molecular flexibility index (Phi) is 7.49. The number of nitriles is 1. The summed E-state index contributed by atoms with van der Waals surface area (Å²) < 4.78 is 10.7. The first-order valence-corrected chi connectivity index (χ1v) is 7.31. The van der Waals surface area contributed by atoms with Crippen LogP contribution < -0.4 is 4.74 Å². The Morgan fingerprint density at radius 1 is 1.29 bits per heavy atom. The van der Waals surface area contributed by atoms with Gasteiger partial charge in [-0.2, -0.15) is 5.26 Å². The van der Waals surface area contributed by atoms with Crippen molar-refractivity contribution in [1.29, 1.82) is 5.26 Å². The smallest absolute Gasteiger partial charge is 0.156 e. The third kappa shape index (κ3) is 5.97. The van der Waals surface area contributed by atoms with Gasteiger partial charge in [0.05, 0.1) is 19.3 Å². The molecule has 4 heteroatoms. The highest BCUT2D eigenvalue weighted by Gasteiger charge is 2.19. The Hall–Kier alpha value is -1.86. The predicted molar refractivity (Wildman–Crippen MR) is 81.2 cm³/mol. The van der Waals surface area contributed by atoms with Crippen molar-refractivity contribution < 1.29 is 14.3 Å². The van der Waals surface area contributed by atoms with E-state index in [9.17, 15) is 10.1 Å². The average Bonchev–Trinajstić information content (AvgIpc) is 2.47. The van der Waals surface area contributed by atoms with E-state index in [1.807, 2.05) is 6.92 Å². The van der Waals surface area contributed by atoms with Crippen LogP contribution in [0.4, 0.5) is 0 Å². The van der Waals surface area contributed by atoms with Gasteiger partial charge in [0.1, 0.15) is 11.7 Å². The quantitative estimate of drug-likeness (QED) is 0.654. The summed E-state index contributed by atoms with van der Waals surface area (Å²) in [7, 11) is 0. The van der Waals surface area contributed by atoms with Crippen molar-refractivity contribution in [1.82, 2.24) is 0 Å². The second kappa shape index (κ2) is 9.15. The minimum atomic E-state index is -0.732. The van der Waals surface area contributed by atoms with Crippen molar-refractivity contribution in [3.8, 4) is 11.8 Å². The summed E-state index contributed by atoms with van der Waals surface area (Å²) in [6.45, 7) is 7.63. The standard InChI is InChI=1S/C17H23NO3/c1-4-20-10-9-17(19)16(11-18)14-5-7-15(8-6-14)21-12-13(2)3/h5-8,13,16H,4,9-10,12H2,1-3H3. The Labute approximate surface area is 126 Å². The Morgan fingerprint density at radius 2 is 1.95 bits per heavy atom. The molecule has 0 spiro atoms. The SMILES string of the molecule is CCOCCC(=O)C(C#N)c1ccc(OCC(C)C)cc1. The lowest BCUT2D eigenvalue weighted by Crippen LogP contribution is -2.13. The van der Waals surface area contributed by atoms with Crippen LogP contribution in [0.25, 0.3) is 0 Å². The summed E-state index contributed by atoms with van der Waals surface area (Å²) >= 11 is 0. The molecule has 1 aromatic rings. The lowest BCUT2D eigenvalue weighted by atomic mass is 9.94. The van der Waals surface area contributed by atoms with Gasteiger partial charge in [0.2, 0.25) is 0 Å². The fourth-order valence-corrected chi connectivity index (χ4v) is 1.81. The molecule has 114 valence electrons. The van der Waals surface area contributed by atoms with Crippen LogP contribution in [0.2, 0.25) is 0 Å². The van der Waals surface area contributed by atoms with Crippen LogP contribution in [-0.4, -0.2) is 25.6 Å². The van der Waals surface area contributed by atoms with Gasteiger partial charge in [-0.05, 0) is 30.5 Å². The van der Waals surface area contributed by atoms with Crippen molar-refractivity contribution in [3.05, 3.63) is 29.8 Å². The van der Waals surface area contributed by atoms with E-state index in [0.717, 1.165) is 5.75 Å². The van der Waals surface area contributed by atoms with Crippen molar-refractivity contribution in [2.24, 2.45) is 5.92 Å². The third-order valence-corrected chi connectivity index (χ3v) is 2.94. The maximum atomic E-state index is 12.0. The van der Waals surface area contributed by atoms with Crippen LogP contribution in [0.3, 0.4) is 0 Å². The highest BCUT2D eigenvalue weighted by atomic mass is 16.5. The number of benzene rings is 1. The summed E-state index contributed by atoms with van der Waals surface area (Å²) in [6, 6.07) is 9.24. The summed E-state index contributed by atoms with van der Waals surface area (Å²) in [5, 5.41) is 9.21. The molecule has 0 amide bonds. The van der Waals surface area contributed by atoms with E-state index < -0.39 is 5.92 Å². The zero-order chi connectivity index (χ0) is 15.7. The number of Topliss-reactive ketones (excluding diaryl/α,β-unsaturated/α-hetero) is 1. The van der Waals surface area contributed by atoms with Crippen LogP contribution in [0.15, 0.2) is 24.3 Å². The molecule has 1 aromatic carbocycles. The highest BCUT2D eigenvalue weighted by molar-refractivity contribution is 5.88. The van der Waals surface area contributed by atoms with Gasteiger partial charge in [-0.1, -0.05) is 26.0 Å². The molecule has 1 atom stereocenters. The molecule has 0 saturated carbocycles. The van der Waals surface area contributed by atoms with Crippen molar-refractivity contribution in [2.75, 3.05) is 19.8 Å². The molecule has 4 nitrogen and oxygen atoms in total. The molecule has 0 bridgehead atoms. The molecule has 0 aromatic heterocycles. The first-order valence-electron chi connectivity index (χ1n) is 7.31. The lowest BCUT2D eigenvalue weighted by Gasteiger charge is -2.11. The molecule has 0 radical (unpaired) electrons. The number of carbonyl (C=O) groups is 1. The molecule has 0 saturated heterocycles. The summed E-state index contributed by atoms with van der Waals surface area (Å²) in [6.07, 6.45) is 0.262. The second-order valence-corrected chi connectivity index (χ2v) is 5.25. The Balaban J connectivity index is 2.65. The number of nitrogens with zero attached hydrogens (tertiary/aromatic N) is 1. The first-order chi connectivity index (χ1) is 10.1. The second-order valence-electron chi connectivity index (χ2n) is 5.25. The normalized spacial score (nSPS) is 12.0. The van der Waals surface area contributed by atoms with Gasteiger partial charge in [-0.25, -0.2) is 0 Å². The molecular weight excluding hydrogens is 266 g/mol. The molecule has 1 unspecified atom stereocenters. The van der Waals surface area contributed by atoms with E-state index in [1.165, 1.54) is 0 Å². The maximum absolute atomic E-state index is 12.0. The van der Waals surface area contributed by atoms with Gasteiger partial charge < -0.3 is 9.47 Å². The molecule has 0 heterocycles. The van der Waals surface area contributed by atoms with Crippen LogP contribution in [0.1, 0.15) is 38.7 Å². The van der Waals surface area contributed by atoms with E-state index in [4.69, 9.17) is 9.47 Å². The molecule has 0 N–H and O–H groups in total. The molecular formula is C17H23NO3. The predicted octanol–water partition coefficient (Wildman–Crippen LogP) is 3.32. The Bertz CT molecular complexity index is 474. The van der Waals surface area contributed by atoms with E-state index in [-0.39, 0.29) is 12.2 Å². The fourth-order valence-electron chi connectivity index (χ4n) is 1.81. The van der Waals surface area contributed by atoms with Crippen molar-refractivity contribution in [2.45, 2.75) is 33.1 Å². The van der Waals surface area contributed by atoms with Crippen LogP contribution in [-0.2, 0) is 9.53 Å². The first kappa shape index (κ1) is 17.2. The zero-order valence-corrected chi connectivity index (χ0v) is 13.0. The number of hydrogen-bond donors (Lipinski definition) is 0. The lowest BCUT2D eigenvalue weighted by molar-refractivity contribution is -0.120. The Morgan fingerprint density at radius 3 is 2.48 bits per heavy atom. The molecule has 0 fully saturated rings. The third-order valence-electron chi connectivity index (χ3n) is 2.94. The van der Waals surface area contributed by atoms with Crippen molar-refractivity contribution >= 4 is 5.78 Å². The zero-order valence-electron chi connectivity index (χ0n) is 13.0. The van der Waals surface area contributed by atoms with Gasteiger partial charge in [-0.15, -0.1) is 0 Å². The maximum Gasteiger partial charge on any atom is 0.156 e. The summed E-state index contributed by atoms with van der Waals surface area (Å²) in [4.78, 5) is 12.0. The number of rotatable bonds is 9. The fraction of sp³-hybridized carbons (Fsp3) is 0.529. The van der Waals surface area contributed by atoms with E-state index in [2.05, 4.69) is 19.9 Å². The minimum Gasteiger partial charge on any atom is -0.493 e. The van der Waals surface area contributed by atoms with E-state index in [0.29, 0.717) is 31.3 Å². The number of carbonyl (C=O) groups excluding carboxylic acids is 1. The summed E-state index contributed by atoms with van der Waals surface area (Å²) in [5.74, 6) is 0.369. The molecule has 0 aliphatic rings. The minimum absolute atomic E-state index is 0.109. The van der Waals surface area contributed by atoms with Gasteiger partial charge in [0.25, 0.3) is 0 Å². The topological polar surface area (TPSA) is 59.3 Å². The highest BCUT2D eigenvalue weighted by Crippen LogP contribution is 2.21. The molecule has 21 heavy (non-hydrogen) atoms. The average molecular weight is 289 g/mol. The van der Waals surface area contributed by atoms with Crippen LogP contribution in [0, 0.1) is 17.2 Å². The largest absolute Gasteiger partial charge is 0.493 e.